The van der Waals surface area contributed by atoms with Crippen LogP contribution in [0.5, 0.6) is 0 Å². The number of fused-ring (bicyclic) bond motifs is 3. The van der Waals surface area contributed by atoms with Gasteiger partial charge >= 0.3 is 5.97 Å². The highest BCUT2D eigenvalue weighted by Gasteiger charge is 2.20. The van der Waals surface area contributed by atoms with Crippen molar-refractivity contribution in [3.8, 4) is 0 Å². The van der Waals surface area contributed by atoms with E-state index in [2.05, 4.69) is 22.8 Å². The molecule has 0 fully saturated rings. The third-order valence-corrected chi connectivity index (χ3v) is 3.85. The number of carbonyl (C=O) groups excluding carboxylic acids is 1. The molecule has 1 heterocycles. The fraction of sp³-hybridized carbons (Fsp3) is 0.235. The van der Waals surface area contributed by atoms with Gasteiger partial charge in [0.15, 0.2) is 0 Å². The summed E-state index contributed by atoms with van der Waals surface area (Å²) in [6, 6.07) is 12.3. The fourth-order valence-electron chi connectivity index (χ4n) is 2.81. The summed E-state index contributed by atoms with van der Waals surface area (Å²) in [4.78, 5) is 12.2. The lowest BCUT2D eigenvalue weighted by molar-refractivity contribution is 0.0527. The Bertz CT molecular complexity index is 815. The lowest BCUT2D eigenvalue weighted by Gasteiger charge is -2.03. The first-order chi connectivity index (χ1) is 9.65. The summed E-state index contributed by atoms with van der Waals surface area (Å²) in [5.74, 6) is -0.245. The van der Waals surface area contributed by atoms with Gasteiger partial charge in [-0.15, -0.1) is 0 Å². The third-order valence-electron chi connectivity index (χ3n) is 3.85. The van der Waals surface area contributed by atoms with Gasteiger partial charge in [0, 0.05) is 23.5 Å². The number of aromatic nitrogens is 1. The molecule has 0 aliphatic carbocycles. The van der Waals surface area contributed by atoms with Crippen LogP contribution in [0.3, 0.4) is 0 Å². The standard InChI is InChI=1S/C17H17NO2/c1-4-20-17(19)15-11(2)18(3)16-13-8-6-5-7-12(13)9-10-14(15)16/h5-10H,4H2,1-3H3. The van der Waals surface area contributed by atoms with E-state index in [9.17, 15) is 4.79 Å². The van der Waals surface area contributed by atoms with E-state index < -0.39 is 0 Å². The second kappa shape index (κ2) is 4.67. The van der Waals surface area contributed by atoms with Crippen molar-refractivity contribution in [2.75, 3.05) is 6.61 Å². The molecule has 0 aliphatic rings. The van der Waals surface area contributed by atoms with Gasteiger partial charge in [-0.05, 0) is 19.2 Å². The molecule has 0 unspecified atom stereocenters. The van der Waals surface area contributed by atoms with Crippen molar-refractivity contribution >= 4 is 27.6 Å². The van der Waals surface area contributed by atoms with Gasteiger partial charge in [-0.3, -0.25) is 0 Å². The van der Waals surface area contributed by atoms with E-state index in [1.165, 1.54) is 5.39 Å². The van der Waals surface area contributed by atoms with E-state index in [1.807, 2.05) is 39.1 Å². The molecule has 102 valence electrons. The molecule has 1 aromatic heterocycles. The second-order valence-electron chi connectivity index (χ2n) is 4.92. The van der Waals surface area contributed by atoms with E-state index in [0.29, 0.717) is 12.2 Å². The van der Waals surface area contributed by atoms with E-state index >= 15 is 0 Å². The molecule has 0 amide bonds. The molecule has 0 spiro atoms. The highest BCUT2D eigenvalue weighted by atomic mass is 16.5. The van der Waals surface area contributed by atoms with Gasteiger partial charge in [-0.25, -0.2) is 4.79 Å². The lowest BCUT2D eigenvalue weighted by atomic mass is 10.0. The fourth-order valence-corrected chi connectivity index (χ4v) is 2.81. The minimum atomic E-state index is -0.245. The number of aryl methyl sites for hydroxylation is 1. The number of rotatable bonds is 2. The van der Waals surface area contributed by atoms with E-state index in [-0.39, 0.29) is 5.97 Å². The zero-order valence-electron chi connectivity index (χ0n) is 11.9. The smallest absolute Gasteiger partial charge is 0.340 e. The average Bonchev–Trinajstić information content (AvgIpc) is 2.71. The van der Waals surface area contributed by atoms with E-state index in [1.54, 1.807) is 0 Å². The van der Waals surface area contributed by atoms with Crippen LogP contribution >= 0.6 is 0 Å². The van der Waals surface area contributed by atoms with Crippen molar-refractivity contribution in [3.63, 3.8) is 0 Å². The number of hydrogen-bond acceptors (Lipinski definition) is 2. The third kappa shape index (κ3) is 1.70. The van der Waals surface area contributed by atoms with Crippen LogP contribution in [0.15, 0.2) is 36.4 Å². The van der Waals surface area contributed by atoms with Gasteiger partial charge in [0.25, 0.3) is 0 Å². The highest BCUT2D eigenvalue weighted by Crippen LogP contribution is 2.31. The second-order valence-corrected chi connectivity index (χ2v) is 4.92. The van der Waals surface area contributed by atoms with E-state index in [4.69, 9.17) is 4.74 Å². The Balaban J connectivity index is 2.41. The van der Waals surface area contributed by atoms with Crippen molar-refractivity contribution in [1.82, 2.24) is 4.57 Å². The largest absolute Gasteiger partial charge is 0.462 e. The Hall–Kier alpha value is -2.29. The van der Waals surface area contributed by atoms with Gasteiger partial charge in [0.05, 0.1) is 17.7 Å². The summed E-state index contributed by atoms with van der Waals surface area (Å²) in [7, 11) is 1.99. The number of carbonyl (C=O) groups is 1. The van der Waals surface area contributed by atoms with Crippen LogP contribution in [0.25, 0.3) is 21.7 Å². The number of hydrogen-bond donors (Lipinski definition) is 0. The van der Waals surface area contributed by atoms with Gasteiger partial charge in [-0.2, -0.15) is 0 Å². The molecule has 20 heavy (non-hydrogen) atoms. The van der Waals surface area contributed by atoms with Crippen LogP contribution in [0, 0.1) is 6.92 Å². The topological polar surface area (TPSA) is 31.2 Å². The predicted octanol–water partition coefficient (Wildman–Crippen LogP) is 3.82. The average molecular weight is 267 g/mol. The van der Waals surface area contributed by atoms with Crippen molar-refractivity contribution in [2.24, 2.45) is 7.05 Å². The molecule has 0 saturated heterocycles. The molecule has 0 saturated carbocycles. The van der Waals surface area contributed by atoms with Crippen LogP contribution in [-0.4, -0.2) is 17.1 Å². The zero-order chi connectivity index (χ0) is 14.3. The molecule has 2 aromatic carbocycles. The molecule has 0 bridgehead atoms. The molecule has 3 heteroatoms. The monoisotopic (exact) mass is 267 g/mol. The SMILES string of the molecule is CCOC(=O)c1c(C)n(C)c2c1ccc1ccccc12. The lowest BCUT2D eigenvalue weighted by Crippen LogP contribution is -2.06. The summed E-state index contributed by atoms with van der Waals surface area (Å²) >= 11 is 0. The molecule has 3 nitrogen and oxygen atoms in total. The minimum Gasteiger partial charge on any atom is -0.462 e. The van der Waals surface area contributed by atoms with Crippen LogP contribution < -0.4 is 0 Å². The molecule has 0 atom stereocenters. The molecule has 3 aromatic rings. The van der Waals surface area contributed by atoms with Gasteiger partial charge < -0.3 is 9.30 Å². The zero-order valence-corrected chi connectivity index (χ0v) is 11.9. The Kier molecular flexibility index (Phi) is 2.97. The van der Waals surface area contributed by atoms with Crippen LogP contribution in [-0.2, 0) is 11.8 Å². The van der Waals surface area contributed by atoms with Gasteiger partial charge in [-0.1, -0.05) is 36.4 Å². The number of nitrogens with zero attached hydrogens (tertiary/aromatic N) is 1. The molecule has 0 N–H and O–H groups in total. The van der Waals surface area contributed by atoms with Crippen molar-refractivity contribution < 1.29 is 9.53 Å². The number of esters is 1. The van der Waals surface area contributed by atoms with Crippen LogP contribution in [0.4, 0.5) is 0 Å². The number of benzene rings is 2. The van der Waals surface area contributed by atoms with E-state index in [0.717, 1.165) is 22.0 Å². The summed E-state index contributed by atoms with van der Waals surface area (Å²) in [6.45, 7) is 4.18. The van der Waals surface area contributed by atoms with Gasteiger partial charge in [0.2, 0.25) is 0 Å². The Labute approximate surface area is 117 Å². The summed E-state index contributed by atoms with van der Waals surface area (Å²) in [5, 5.41) is 3.30. The molecule has 0 radical (unpaired) electrons. The van der Waals surface area contributed by atoms with Crippen LogP contribution in [0.2, 0.25) is 0 Å². The Morgan fingerprint density at radius 3 is 2.65 bits per heavy atom. The molecular weight excluding hydrogens is 250 g/mol. The van der Waals surface area contributed by atoms with Crippen molar-refractivity contribution in [2.45, 2.75) is 13.8 Å². The Morgan fingerprint density at radius 1 is 1.15 bits per heavy atom. The first-order valence-electron chi connectivity index (χ1n) is 6.79. The maximum absolute atomic E-state index is 12.2. The number of ether oxygens (including phenoxy) is 1. The maximum atomic E-state index is 12.2. The predicted molar refractivity (Wildman–Crippen MR) is 81.1 cm³/mol. The molecular formula is C17H17NO2. The normalized spacial score (nSPS) is 11.2. The van der Waals surface area contributed by atoms with Crippen molar-refractivity contribution in [3.05, 3.63) is 47.7 Å². The summed E-state index contributed by atoms with van der Waals surface area (Å²) in [6.07, 6.45) is 0. The van der Waals surface area contributed by atoms with Crippen molar-refractivity contribution in [1.29, 1.82) is 0 Å². The molecule has 3 rings (SSSR count). The quantitative estimate of drug-likeness (QED) is 0.661. The molecule has 0 aliphatic heterocycles. The van der Waals surface area contributed by atoms with Gasteiger partial charge in [0.1, 0.15) is 0 Å². The summed E-state index contributed by atoms with van der Waals surface area (Å²) in [5.41, 5.74) is 2.70. The summed E-state index contributed by atoms with van der Waals surface area (Å²) < 4.78 is 7.26. The first kappa shape index (κ1) is 12.7. The first-order valence-corrected chi connectivity index (χ1v) is 6.79. The van der Waals surface area contributed by atoms with Crippen LogP contribution in [0.1, 0.15) is 23.0 Å². The highest BCUT2D eigenvalue weighted by molar-refractivity contribution is 6.14. The Morgan fingerprint density at radius 2 is 1.90 bits per heavy atom. The maximum Gasteiger partial charge on any atom is 0.340 e. The minimum absolute atomic E-state index is 0.245.